The lowest BCUT2D eigenvalue weighted by Gasteiger charge is -2.08. The molecule has 1 rings (SSSR count). The quantitative estimate of drug-likeness (QED) is 0.449. The van der Waals surface area contributed by atoms with Crippen molar-refractivity contribution >= 4 is 5.97 Å². The number of aliphatic hydroxyl groups is 1. The Bertz CT molecular complexity index is 137. The summed E-state index contributed by atoms with van der Waals surface area (Å²) in [4.78, 5) is 10.1. The summed E-state index contributed by atoms with van der Waals surface area (Å²) in [5.74, 6) is -0.963. The van der Waals surface area contributed by atoms with Crippen LogP contribution in [0.2, 0.25) is 0 Å². The molecule has 0 aromatic rings. The van der Waals surface area contributed by atoms with E-state index in [-0.39, 0.29) is 12.7 Å². The Morgan fingerprint density at radius 2 is 2.38 bits per heavy atom. The van der Waals surface area contributed by atoms with E-state index >= 15 is 0 Å². The number of aliphatic hydroxyl groups excluding tert-OH is 1. The van der Waals surface area contributed by atoms with Crippen LogP contribution in [0.3, 0.4) is 0 Å². The molecular weight excluding hydrogens is 112 g/mol. The molecule has 8 heavy (non-hydrogen) atoms. The average molecular weight is 116 g/mol. The van der Waals surface area contributed by atoms with Crippen molar-refractivity contribution in [1.29, 1.82) is 0 Å². The van der Waals surface area contributed by atoms with Gasteiger partial charge in [-0.3, -0.25) is 0 Å². The second-order valence-electron chi connectivity index (χ2n) is 1.21. The summed E-state index contributed by atoms with van der Waals surface area (Å²) >= 11 is 0. The fraction of sp³-hybridized carbons (Fsp3) is 0.250. The van der Waals surface area contributed by atoms with Crippen LogP contribution in [0.25, 0.3) is 0 Å². The molecule has 0 saturated heterocycles. The van der Waals surface area contributed by atoms with Crippen LogP contribution >= 0.6 is 0 Å². The normalized spacial score (nSPS) is 18.5. The number of hydrogen-bond donors (Lipinski definition) is 1. The highest BCUT2D eigenvalue weighted by Gasteiger charge is 2.08. The number of carbonyl (C=O) groups is 1. The number of hydrogen-bond acceptors (Lipinski definition) is 4. The Hall–Kier alpha value is -1.19. The summed E-state index contributed by atoms with van der Waals surface area (Å²) in [7, 11) is 0. The largest absolute Gasteiger partial charge is 0.481 e. The lowest BCUT2D eigenvalue weighted by Crippen LogP contribution is -2.12. The Balaban J connectivity index is 2.64. The van der Waals surface area contributed by atoms with Gasteiger partial charge in [0.25, 0.3) is 5.95 Å². The third kappa shape index (κ3) is 0.900. The van der Waals surface area contributed by atoms with E-state index in [9.17, 15) is 4.79 Å². The second kappa shape index (κ2) is 1.73. The minimum atomic E-state index is -0.575. The van der Waals surface area contributed by atoms with Crippen molar-refractivity contribution in [3.8, 4) is 0 Å². The van der Waals surface area contributed by atoms with Crippen LogP contribution in [0.1, 0.15) is 0 Å². The highest BCUT2D eigenvalue weighted by atomic mass is 16.7. The molecular formula is C4H4O4. The molecule has 44 valence electrons. The van der Waals surface area contributed by atoms with Gasteiger partial charge in [0.1, 0.15) is 6.08 Å². The van der Waals surface area contributed by atoms with E-state index in [1.807, 2.05) is 0 Å². The van der Waals surface area contributed by atoms with Crippen LogP contribution in [-0.2, 0) is 14.3 Å². The van der Waals surface area contributed by atoms with Gasteiger partial charge in [0, 0.05) is 0 Å². The number of rotatable bonds is 0. The van der Waals surface area contributed by atoms with Gasteiger partial charge in [0.15, 0.2) is 0 Å². The standard InChI is InChI=1S/C4H4O4/c5-3-1-4(6)8-2-7-3/h1,5H,2H2. The molecule has 1 aliphatic heterocycles. The molecule has 0 aromatic heterocycles. The van der Waals surface area contributed by atoms with Gasteiger partial charge < -0.3 is 14.6 Å². The van der Waals surface area contributed by atoms with E-state index in [1.54, 1.807) is 0 Å². The fourth-order valence-corrected chi connectivity index (χ4v) is 0.332. The fourth-order valence-electron chi connectivity index (χ4n) is 0.332. The first-order valence-corrected chi connectivity index (χ1v) is 1.99. The average Bonchev–Trinajstić information content (AvgIpc) is 1.64. The molecule has 0 bridgehead atoms. The highest BCUT2D eigenvalue weighted by Crippen LogP contribution is 1.99. The number of esters is 1. The van der Waals surface area contributed by atoms with Gasteiger partial charge in [-0.05, 0) is 0 Å². The molecule has 1 heterocycles. The minimum Gasteiger partial charge on any atom is -0.481 e. The van der Waals surface area contributed by atoms with Crippen molar-refractivity contribution < 1.29 is 19.4 Å². The number of carbonyl (C=O) groups excluding carboxylic acids is 1. The Morgan fingerprint density at radius 1 is 1.62 bits per heavy atom. The maximum atomic E-state index is 10.1. The van der Waals surface area contributed by atoms with Crippen molar-refractivity contribution in [1.82, 2.24) is 0 Å². The van der Waals surface area contributed by atoms with E-state index in [0.717, 1.165) is 6.08 Å². The predicted molar refractivity (Wildman–Crippen MR) is 22.8 cm³/mol. The molecule has 0 saturated carbocycles. The van der Waals surface area contributed by atoms with E-state index in [4.69, 9.17) is 5.11 Å². The lowest BCUT2D eigenvalue weighted by atomic mass is 10.6. The maximum absolute atomic E-state index is 10.1. The summed E-state index contributed by atoms with van der Waals surface area (Å²) in [6.45, 7) is -0.193. The predicted octanol–water partition coefficient (Wildman–Crippen LogP) is -0.0833. The topological polar surface area (TPSA) is 55.8 Å². The molecule has 0 spiro atoms. The van der Waals surface area contributed by atoms with Gasteiger partial charge in [-0.2, -0.15) is 0 Å². The third-order valence-electron chi connectivity index (χ3n) is 0.649. The lowest BCUT2D eigenvalue weighted by molar-refractivity contribution is -0.156. The molecule has 4 nitrogen and oxygen atoms in total. The minimum absolute atomic E-state index is 0.193. The van der Waals surface area contributed by atoms with E-state index < -0.39 is 5.97 Å². The summed E-state index contributed by atoms with van der Waals surface area (Å²) in [6.07, 6.45) is 0.865. The zero-order valence-corrected chi connectivity index (χ0v) is 3.96. The molecule has 0 atom stereocenters. The maximum Gasteiger partial charge on any atom is 0.340 e. The zero-order chi connectivity index (χ0) is 5.98. The first kappa shape index (κ1) is 4.96. The molecule has 0 aliphatic carbocycles. The number of ether oxygens (including phenoxy) is 2. The summed E-state index contributed by atoms with van der Waals surface area (Å²) in [5, 5.41) is 8.42. The molecule has 1 N–H and O–H groups in total. The van der Waals surface area contributed by atoms with Crippen molar-refractivity contribution in [2.75, 3.05) is 6.79 Å². The zero-order valence-electron chi connectivity index (χ0n) is 3.96. The van der Waals surface area contributed by atoms with E-state index in [0.29, 0.717) is 0 Å². The first-order chi connectivity index (χ1) is 3.79. The van der Waals surface area contributed by atoms with Crippen LogP contribution in [-0.4, -0.2) is 17.9 Å². The van der Waals surface area contributed by atoms with Crippen molar-refractivity contribution in [2.24, 2.45) is 0 Å². The number of cyclic esters (lactones) is 1. The Morgan fingerprint density at radius 3 is 2.75 bits per heavy atom. The molecule has 1 aliphatic rings. The van der Waals surface area contributed by atoms with E-state index in [1.165, 1.54) is 0 Å². The summed E-state index contributed by atoms with van der Waals surface area (Å²) < 4.78 is 8.57. The second-order valence-corrected chi connectivity index (χ2v) is 1.21. The monoisotopic (exact) mass is 116 g/mol. The molecule has 0 fully saturated rings. The van der Waals surface area contributed by atoms with Gasteiger partial charge in [0.05, 0.1) is 0 Å². The summed E-state index contributed by atoms with van der Waals surface area (Å²) in [6, 6.07) is 0. The van der Waals surface area contributed by atoms with Gasteiger partial charge in [0.2, 0.25) is 6.79 Å². The Kier molecular flexibility index (Phi) is 1.07. The summed E-state index contributed by atoms with van der Waals surface area (Å²) in [5.41, 5.74) is 0. The van der Waals surface area contributed by atoms with Crippen LogP contribution < -0.4 is 0 Å². The molecule has 4 heteroatoms. The third-order valence-corrected chi connectivity index (χ3v) is 0.649. The van der Waals surface area contributed by atoms with Crippen molar-refractivity contribution in [3.05, 3.63) is 12.0 Å². The molecule has 0 amide bonds. The van der Waals surface area contributed by atoms with Gasteiger partial charge in [-0.1, -0.05) is 0 Å². The first-order valence-electron chi connectivity index (χ1n) is 1.99. The molecule has 0 radical (unpaired) electrons. The smallest absolute Gasteiger partial charge is 0.340 e. The van der Waals surface area contributed by atoms with Crippen LogP contribution in [0.15, 0.2) is 12.0 Å². The van der Waals surface area contributed by atoms with E-state index in [2.05, 4.69) is 9.47 Å². The van der Waals surface area contributed by atoms with Gasteiger partial charge >= 0.3 is 5.97 Å². The van der Waals surface area contributed by atoms with Crippen molar-refractivity contribution in [2.45, 2.75) is 0 Å². The highest BCUT2D eigenvalue weighted by molar-refractivity contribution is 5.82. The molecule has 0 aromatic carbocycles. The Labute approximate surface area is 45.3 Å². The van der Waals surface area contributed by atoms with Crippen LogP contribution in [0.4, 0.5) is 0 Å². The SMILES string of the molecule is O=C1C=C(O)OCO1. The van der Waals surface area contributed by atoms with Crippen molar-refractivity contribution in [3.63, 3.8) is 0 Å². The molecule has 0 unspecified atom stereocenters. The van der Waals surface area contributed by atoms with Crippen LogP contribution in [0, 0.1) is 0 Å². The van der Waals surface area contributed by atoms with Gasteiger partial charge in [-0.15, -0.1) is 0 Å². The van der Waals surface area contributed by atoms with Crippen LogP contribution in [0.5, 0.6) is 0 Å². The van der Waals surface area contributed by atoms with Gasteiger partial charge in [-0.25, -0.2) is 4.79 Å².